The minimum atomic E-state index is -0.0200. The second-order valence-electron chi connectivity index (χ2n) is 5.08. The summed E-state index contributed by atoms with van der Waals surface area (Å²) in [4.78, 5) is 5.65. The predicted octanol–water partition coefficient (Wildman–Crippen LogP) is 3.19. The Kier molecular flexibility index (Phi) is 4.30. The number of benzene rings is 2. The normalized spacial score (nSPS) is 16.8. The van der Waals surface area contributed by atoms with Gasteiger partial charge in [0, 0.05) is 6.42 Å². The average Bonchev–Trinajstić information content (AvgIpc) is 3.04. The van der Waals surface area contributed by atoms with Crippen LogP contribution < -0.4 is 15.0 Å². The summed E-state index contributed by atoms with van der Waals surface area (Å²) >= 11 is 0. The van der Waals surface area contributed by atoms with Crippen LogP contribution in [0.5, 0.6) is 11.5 Å². The highest BCUT2D eigenvalue weighted by atomic mass is 16.7. The Labute approximate surface area is 130 Å². The minimum Gasteiger partial charge on any atom is -0.497 e. The van der Waals surface area contributed by atoms with Crippen molar-refractivity contribution in [3.8, 4) is 11.5 Å². The molecule has 0 bridgehead atoms. The second kappa shape index (κ2) is 6.54. The lowest BCUT2D eigenvalue weighted by Gasteiger charge is -2.11. The van der Waals surface area contributed by atoms with Crippen molar-refractivity contribution in [2.45, 2.75) is 12.5 Å². The third-order valence-corrected chi connectivity index (χ3v) is 3.69. The van der Waals surface area contributed by atoms with E-state index in [1.54, 1.807) is 14.2 Å². The van der Waals surface area contributed by atoms with E-state index in [2.05, 4.69) is 17.6 Å². The second-order valence-corrected chi connectivity index (χ2v) is 5.08. The van der Waals surface area contributed by atoms with Crippen molar-refractivity contribution in [3.05, 3.63) is 65.7 Å². The van der Waals surface area contributed by atoms with E-state index in [0.29, 0.717) is 0 Å². The Morgan fingerprint density at radius 3 is 2.50 bits per heavy atom. The van der Waals surface area contributed by atoms with Gasteiger partial charge in [0.15, 0.2) is 0 Å². The number of nitrogens with one attached hydrogen (secondary N) is 1. The molecule has 0 amide bonds. The van der Waals surface area contributed by atoms with Gasteiger partial charge in [-0.05, 0) is 47.5 Å². The molecule has 0 aromatic heterocycles. The highest BCUT2D eigenvalue weighted by Gasteiger charge is 2.19. The quantitative estimate of drug-likeness (QED) is 0.920. The largest absolute Gasteiger partial charge is 0.497 e. The number of rotatable bonds is 5. The van der Waals surface area contributed by atoms with Gasteiger partial charge >= 0.3 is 0 Å². The van der Waals surface area contributed by atoms with Gasteiger partial charge in [-0.25, -0.2) is 0 Å². The smallest absolute Gasteiger partial charge is 0.122 e. The zero-order chi connectivity index (χ0) is 15.4. The highest BCUT2D eigenvalue weighted by molar-refractivity contribution is 5.65. The molecule has 2 aromatic carbocycles. The van der Waals surface area contributed by atoms with Crippen molar-refractivity contribution in [3.63, 3.8) is 0 Å². The zero-order valence-corrected chi connectivity index (χ0v) is 12.7. The molecule has 1 aliphatic rings. The van der Waals surface area contributed by atoms with Crippen LogP contribution in [-0.2, 0) is 11.3 Å². The first-order chi connectivity index (χ1) is 10.8. The molecule has 1 unspecified atom stereocenters. The standard InChI is InChI=1S/C18H19NO3/c1-20-15-9-7-13(8-10-15)17-12-16(22-19-17)11-14-5-3-4-6-18(14)21-2/h3-10,12,16,19H,11H2,1-2H3. The molecule has 1 atom stereocenters. The number of ether oxygens (including phenoxy) is 2. The van der Waals surface area contributed by atoms with Crippen molar-refractivity contribution in [2.75, 3.05) is 14.2 Å². The van der Waals surface area contributed by atoms with Gasteiger partial charge in [-0.2, -0.15) is 0 Å². The summed E-state index contributed by atoms with van der Waals surface area (Å²) in [7, 11) is 3.35. The Bertz CT molecular complexity index is 664. The van der Waals surface area contributed by atoms with Crippen LogP contribution in [0.1, 0.15) is 11.1 Å². The van der Waals surface area contributed by atoms with Crippen LogP contribution in [0.3, 0.4) is 0 Å². The van der Waals surface area contributed by atoms with Crippen molar-refractivity contribution in [1.82, 2.24) is 5.48 Å². The van der Waals surface area contributed by atoms with E-state index in [0.717, 1.165) is 34.7 Å². The van der Waals surface area contributed by atoms with E-state index in [-0.39, 0.29) is 6.10 Å². The number of hydroxylamine groups is 1. The highest BCUT2D eigenvalue weighted by Crippen LogP contribution is 2.25. The van der Waals surface area contributed by atoms with Crippen molar-refractivity contribution in [2.24, 2.45) is 0 Å². The fraction of sp³-hybridized carbons (Fsp3) is 0.222. The summed E-state index contributed by atoms with van der Waals surface area (Å²) in [6.45, 7) is 0. The SMILES string of the molecule is COc1ccc(C2=CC(Cc3ccccc3OC)ON2)cc1. The first-order valence-corrected chi connectivity index (χ1v) is 7.20. The van der Waals surface area contributed by atoms with Crippen LogP contribution in [-0.4, -0.2) is 20.3 Å². The molecule has 0 aliphatic carbocycles. The van der Waals surface area contributed by atoms with E-state index in [4.69, 9.17) is 14.3 Å². The van der Waals surface area contributed by atoms with Gasteiger partial charge < -0.3 is 9.47 Å². The number of methoxy groups -OCH3 is 2. The first kappa shape index (κ1) is 14.5. The molecule has 22 heavy (non-hydrogen) atoms. The van der Waals surface area contributed by atoms with Gasteiger partial charge in [0.2, 0.25) is 0 Å². The summed E-state index contributed by atoms with van der Waals surface area (Å²) in [5, 5.41) is 0. The van der Waals surface area contributed by atoms with Crippen LogP contribution >= 0.6 is 0 Å². The Morgan fingerprint density at radius 1 is 1.00 bits per heavy atom. The Hall–Kier alpha value is -2.46. The molecule has 114 valence electrons. The van der Waals surface area contributed by atoms with Crippen LogP contribution in [0.25, 0.3) is 5.70 Å². The lowest BCUT2D eigenvalue weighted by Crippen LogP contribution is -2.14. The summed E-state index contributed by atoms with van der Waals surface area (Å²) < 4.78 is 10.6. The maximum absolute atomic E-state index is 5.65. The molecule has 1 heterocycles. The average molecular weight is 297 g/mol. The molecule has 2 aromatic rings. The lowest BCUT2D eigenvalue weighted by molar-refractivity contribution is 0.0516. The zero-order valence-electron chi connectivity index (χ0n) is 12.7. The van der Waals surface area contributed by atoms with Crippen LogP contribution in [0.15, 0.2) is 54.6 Å². The number of para-hydroxylation sites is 1. The number of hydrogen-bond donors (Lipinski definition) is 1. The molecule has 0 spiro atoms. The van der Waals surface area contributed by atoms with Crippen molar-refractivity contribution in [1.29, 1.82) is 0 Å². The molecule has 0 saturated heterocycles. The maximum Gasteiger partial charge on any atom is 0.122 e. The minimum absolute atomic E-state index is 0.0200. The maximum atomic E-state index is 5.65. The van der Waals surface area contributed by atoms with Gasteiger partial charge in [-0.1, -0.05) is 18.2 Å². The molecule has 1 N–H and O–H groups in total. The van der Waals surface area contributed by atoms with E-state index >= 15 is 0 Å². The molecule has 0 fully saturated rings. The molecule has 4 nitrogen and oxygen atoms in total. The van der Waals surface area contributed by atoms with Crippen LogP contribution in [0.2, 0.25) is 0 Å². The molecule has 1 aliphatic heterocycles. The van der Waals surface area contributed by atoms with Gasteiger partial charge in [0.1, 0.15) is 17.6 Å². The topological polar surface area (TPSA) is 39.7 Å². The summed E-state index contributed by atoms with van der Waals surface area (Å²) in [6.07, 6.45) is 2.83. The van der Waals surface area contributed by atoms with Crippen LogP contribution in [0, 0.1) is 0 Å². The van der Waals surface area contributed by atoms with Gasteiger partial charge in [0.25, 0.3) is 0 Å². The fourth-order valence-corrected chi connectivity index (χ4v) is 2.51. The van der Waals surface area contributed by atoms with E-state index < -0.39 is 0 Å². The lowest BCUT2D eigenvalue weighted by atomic mass is 10.0. The van der Waals surface area contributed by atoms with Crippen molar-refractivity contribution >= 4 is 5.70 Å². The van der Waals surface area contributed by atoms with E-state index in [1.165, 1.54) is 0 Å². The molecular formula is C18H19NO3. The third kappa shape index (κ3) is 3.07. The predicted molar refractivity (Wildman–Crippen MR) is 85.7 cm³/mol. The molecule has 0 saturated carbocycles. The van der Waals surface area contributed by atoms with E-state index in [9.17, 15) is 0 Å². The monoisotopic (exact) mass is 297 g/mol. The van der Waals surface area contributed by atoms with Crippen molar-refractivity contribution < 1.29 is 14.3 Å². The summed E-state index contributed by atoms with van der Waals surface area (Å²) in [5.41, 5.74) is 6.17. The molecular weight excluding hydrogens is 278 g/mol. The fourth-order valence-electron chi connectivity index (χ4n) is 2.51. The summed E-state index contributed by atoms with van der Waals surface area (Å²) in [5.74, 6) is 1.73. The number of hydrogen-bond acceptors (Lipinski definition) is 4. The summed E-state index contributed by atoms with van der Waals surface area (Å²) in [6, 6.07) is 15.9. The molecule has 3 rings (SSSR count). The van der Waals surface area contributed by atoms with Gasteiger partial charge in [-0.15, -0.1) is 0 Å². The third-order valence-electron chi connectivity index (χ3n) is 3.69. The molecule has 0 radical (unpaired) electrons. The Balaban J connectivity index is 1.73. The van der Waals surface area contributed by atoms with Crippen LogP contribution in [0.4, 0.5) is 0 Å². The van der Waals surface area contributed by atoms with E-state index in [1.807, 2.05) is 42.5 Å². The van der Waals surface area contributed by atoms with Gasteiger partial charge in [-0.3, -0.25) is 10.3 Å². The first-order valence-electron chi connectivity index (χ1n) is 7.20. The van der Waals surface area contributed by atoms with Gasteiger partial charge in [0.05, 0.1) is 19.9 Å². The molecule has 4 heteroatoms. The Morgan fingerprint density at radius 2 is 1.77 bits per heavy atom.